The zero-order chi connectivity index (χ0) is 11.4. The topological polar surface area (TPSA) is 95.6 Å². The maximum atomic E-state index is 11.4. The minimum absolute atomic E-state index is 0.0773. The fraction of sp³-hybridized carbons (Fsp3) is 0.900. The summed E-state index contributed by atoms with van der Waals surface area (Å²) in [7, 11) is 0. The van der Waals surface area contributed by atoms with Gasteiger partial charge in [-0.2, -0.15) is 0 Å². The van der Waals surface area contributed by atoms with Crippen LogP contribution < -0.4 is 11.1 Å². The summed E-state index contributed by atoms with van der Waals surface area (Å²) in [4.78, 5) is 11.4. The molecule has 5 heteroatoms. The second-order valence-corrected chi connectivity index (χ2v) is 4.35. The van der Waals surface area contributed by atoms with E-state index >= 15 is 0 Å². The third-order valence-electron chi connectivity index (χ3n) is 3.00. The summed E-state index contributed by atoms with van der Waals surface area (Å²) in [5.41, 5.74) is 5.38. The van der Waals surface area contributed by atoms with Crippen molar-refractivity contribution in [2.45, 2.75) is 44.4 Å². The first-order valence-electron chi connectivity index (χ1n) is 5.39. The maximum absolute atomic E-state index is 11.4. The Labute approximate surface area is 89.7 Å². The molecule has 5 nitrogen and oxygen atoms in total. The molecule has 1 aliphatic carbocycles. The second kappa shape index (κ2) is 5.44. The van der Waals surface area contributed by atoms with Crippen molar-refractivity contribution in [3.63, 3.8) is 0 Å². The first-order chi connectivity index (χ1) is 7.04. The highest BCUT2D eigenvalue weighted by atomic mass is 16.3. The lowest BCUT2D eigenvalue weighted by Gasteiger charge is -2.32. The summed E-state index contributed by atoms with van der Waals surface area (Å²) in [6, 6.07) is -0.763. The van der Waals surface area contributed by atoms with Crippen LogP contribution in [0.1, 0.15) is 26.2 Å². The molecule has 0 aromatic carbocycles. The Morgan fingerprint density at radius 3 is 2.80 bits per heavy atom. The highest BCUT2D eigenvalue weighted by Crippen LogP contribution is 2.24. The normalized spacial score (nSPS) is 33.5. The Balaban J connectivity index is 2.36. The number of aliphatic hydroxyl groups is 2. The first-order valence-corrected chi connectivity index (χ1v) is 5.39. The third-order valence-corrected chi connectivity index (χ3v) is 3.00. The van der Waals surface area contributed by atoms with Crippen LogP contribution in [0.3, 0.4) is 0 Å². The predicted octanol–water partition coefficient (Wildman–Crippen LogP) is -1.03. The highest BCUT2D eigenvalue weighted by molar-refractivity contribution is 5.81. The van der Waals surface area contributed by atoms with Crippen LogP contribution in [0.2, 0.25) is 0 Å². The van der Waals surface area contributed by atoms with E-state index in [1.165, 1.54) is 0 Å². The van der Waals surface area contributed by atoms with E-state index in [0.29, 0.717) is 6.42 Å². The van der Waals surface area contributed by atoms with Gasteiger partial charge in [-0.25, -0.2) is 0 Å². The van der Waals surface area contributed by atoms with Crippen LogP contribution in [0, 0.1) is 5.92 Å². The van der Waals surface area contributed by atoms with Gasteiger partial charge in [-0.3, -0.25) is 4.79 Å². The number of carbonyl (C=O) groups is 1. The number of nitrogens with one attached hydrogen (secondary N) is 1. The smallest absolute Gasteiger partial charge is 0.239 e. The zero-order valence-electron chi connectivity index (χ0n) is 9.02. The molecular weight excluding hydrogens is 196 g/mol. The molecule has 0 unspecified atom stereocenters. The summed E-state index contributed by atoms with van der Waals surface area (Å²) < 4.78 is 0. The molecule has 0 spiro atoms. The van der Waals surface area contributed by atoms with Crippen LogP contribution in [-0.4, -0.2) is 40.9 Å². The van der Waals surface area contributed by atoms with Crippen molar-refractivity contribution in [1.82, 2.24) is 5.32 Å². The number of aliphatic hydroxyl groups excluding tert-OH is 2. The van der Waals surface area contributed by atoms with Gasteiger partial charge in [0.1, 0.15) is 6.04 Å². The van der Waals surface area contributed by atoms with Gasteiger partial charge in [-0.1, -0.05) is 6.92 Å². The maximum Gasteiger partial charge on any atom is 0.239 e. The summed E-state index contributed by atoms with van der Waals surface area (Å²) in [5, 5.41) is 21.0. The molecule has 0 aromatic rings. The van der Waals surface area contributed by atoms with Crippen LogP contribution in [0.5, 0.6) is 0 Å². The van der Waals surface area contributed by atoms with E-state index in [1.807, 2.05) is 6.92 Å². The summed E-state index contributed by atoms with van der Waals surface area (Å²) in [6.45, 7) is 1.63. The van der Waals surface area contributed by atoms with E-state index in [4.69, 9.17) is 10.8 Å². The molecule has 0 bridgehead atoms. The minimum Gasteiger partial charge on any atom is -0.394 e. The summed E-state index contributed by atoms with van der Waals surface area (Å²) in [6.07, 6.45) is 1.99. The van der Waals surface area contributed by atoms with Crippen molar-refractivity contribution in [1.29, 1.82) is 0 Å². The van der Waals surface area contributed by atoms with Crippen molar-refractivity contribution < 1.29 is 15.0 Å². The van der Waals surface area contributed by atoms with E-state index in [9.17, 15) is 9.90 Å². The zero-order valence-corrected chi connectivity index (χ0v) is 9.02. The number of hydrogen-bond acceptors (Lipinski definition) is 4. The fourth-order valence-electron chi connectivity index (χ4n) is 1.90. The molecule has 1 fully saturated rings. The molecule has 88 valence electrons. The average Bonchev–Trinajstić information content (AvgIpc) is 2.22. The fourth-order valence-corrected chi connectivity index (χ4v) is 1.90. The van der Waals surface area contributed by atoms with E-state index in [0.717, 1.165) is 12.8 Å². The van der Waals surface area contributed by atoms with Crippen molar-refractivity contribution in [2.24, 2.45) is 11.7 Å². The number of carbonyl (C=O) groups excluding carboxylic acids is 1. The number of hydrogen-bond donors (Lipinski definition) is 4. The number of amides is 1. The van der Waals surface area contributed by atoms with Gasteiger partial charge in [0, 0.05) is 6.04 Å². The van der Waals surface area contributed by atoms with Crippen molar-refractivity contribution in [2.75, 3.05) is 6.61 Å². The Bertz CT molecular complexity index is 223. The van der Waals surface area contributed by atoms with E-state index in [1.54, 1.807) is 0 Å². The van der Waals surface area contributed by atoms with Crippen molar-refractivity contribution in [3.05, 3.63) is 0 Å². The van der Waals surface area contributed by atoms with E-state index in [2.05, 4.69) is 5.32 Å². The number of nitrogens with two attached hydrogens (primary N) is 1. The van der Waals surface area contributed by atoms with Crippen LogP contribution >= 0.6 is 0 Å². The molecule has 1 saturated carbocycles. The quantitative estimate of drug-likeness (QED) is 0.485. The molecule has 15 heavy (non-hydrogen) atoms. The van der Waals surface area contributed by atoms with Crippen LogP contribution in [0.25, 0.3) is 0 Å². The van der Waals surface area contributed by atoms with Gasteiger partial charge >= 0.3 is 0 Å². The summed E-state index contributed by atoms with van der Waals surface area (Å²) >= 11 is 0. The lowest BCUT2D eigenvalue weighted by atomic mass is 9.84. The molecule has 4 atom stereocenters. The van der Waals surface area contributed by atoms with Gasteiger partial charge in [-0.15, -0.1) is 0 Å². The first kappa shape index (κ1) is 12.4. The lowest BCUT2D eigenvalue weighted by Crippen LogP contribution is -2.49. The molecule has 5 N–H and O–H groups in total. The van der Waals surface area contributed by atoms with Gasteiger partial charge in [0.15, 0.2) is 0 Å². The number of rotatable bonds is 3. The Morgan fingerprint density at radius 1 is 1.60 bits per heavy atom. The van der Waals surface area contributed by atoms with Gasteiger partial charge in [0.2, 0.25) is 5.91 Å². The molecule has 1 aliphatic rings. The molecule has 0 aliphatic heterocycles. The van der Waals surface area contributed by atoms with Crippen molar-refractivity contribution >= 4 is 5.91 Å². The monoisotopic (exact) mass is 216 g/mol. The molecule has 0 radical (unpaired) electrons. The van der Waals surface area contributed by atoms with E-state index < -0.39 is 6.04 Å². The summed E-state index contributed by atoms with van der Waals surface area (Å²) in [5.74, 6) is -0.111. The van der Waals surface area contributed by atoms with Crippen LogP contribution in [0.15, 0.2) is 0 Å². The lowest BCUT2D eigenvalue weighted by molar-refractivity contribution is -0.124. The Hall–Kier alpha value is -0.650. The van der Waals surface area contributed by atoms with Gasteiger partial charge in [0.05, 0.1) is 12.7 Å². The standard InChI is InChI=1S/C10H20N2O3/c1-6-4-7(2-3-9(6)14)12-10(15)8(11)5-13/h6-9,13-14H,2-5,11H2,1H3,(H,12,15)/t6-,7+,8+,9-/m1/s1. The van der Waals surface area contributed by atoms with Crippen molar-refractivity contribution in [3.8, 4) is 0 Å². The molecule has 0 aromatic heterocycles. The Morgan fingerprint density at radius 2 is 2.27 bits per heavy atom. The van der Waals surface area contributed by atoms with Gasteiger partial charge in [0.25, 0.3) is 0 Å². The molecular formula is C10H20N2O3. The van der Waals surface area contributed by atoms with Gasteiger partial charge < -0.3 is 21.3 Å². The average molecular weight is 216 g/mol. The van der Waals surface area contributed by atoms with Crippen LogP contribution in [0.4, 0.5) is 0 Å². The second-order valence-electron chi connectivity index (χ2n) is 4.35. The molecule has 1 rings (SSSR count). The Kier molecular flexibility index (Phi) is 4.50. The van der Waals surface area contributed by atoms with E-state index in [-0.39, 0.29) is 30.6 Å². The predicted molar refractivity (Wildman–Crippen MR) is 56.0 cm³/mol. The minimum atomic E-state index is -0.841. The molecule has 1 amide bonds. The van der Waals surface area contributed by atoms with Gasteiger partial charge in [-0.05, 0) is 25.2 Å². The largest absolute Gasteiger partial charge is 0.394 e. The molecule has 0 saturated heterocycles. The van der Waals surface area contributed by atoms with Crippen LogP contribution in [-0.2, 0) is 4.79 Å². The molecule has 0 heterocycles. The SMILES string of the molecule is C[C@@H]1C[C@@H](NC(=O)[C@@H](N)CO)CC[C@H]1O. The third kappa shape index (κ3) is 3.44. The highest BCUT2D eigenvalue weighted by Gasteiger charge is 2.27.